The van der Waals surface area contributed by atoms with Gasteiger partial charge in [-0.25, -0.2) is 19.3 Å². The first-order valence-corrected chi connectivity index (χ1v) is 15.2. The lowest BCUT2D eigenvalue weighted by Gasteiger charge is -2.22. The van der Waals surface area contributed by atoms with Crippen LogP contribution in [0.25, 0.3) is 10.9 Å². The number of rotatable bonds is 8. The van der Waals surface area contributed by atoms with Crippen LogP contribution in [0.5, 0.6) is 5.75 Å². The number of nitrogens with zero attached hydrogens (tertiary/aromatic N) is 2. The molecule has 46 heavy (non-hydrogen) atoms. The van der Waals surface area contributed by atoms with E-state index in [1.807, 2.05) is 42.1 Å². The summed E-state index contributed by atoms with van der Waals surface area (Å²) in [5, 5.41) is 0.814. The highest BCUT2D eigenvalue weighted by Crippen LogP contribution is 2.35. The summed E-state index contributed by atoms with van der Waals surface area (Å²) in [5.41, 5.74) is 10.8. The van der Waals surface area contributed by atoms with Crippen molar-refractivity contribution in [3.05, 3.63) is 126 Å². The predicted octanol–water partition coefficient (Wildman–Crippen LogP) is 7.45. The smallest absolute Gasteiger partial charge is 0.426 e. The third-order valence-corrected chi connectivity index (χ3v) is 8.36. The van der Waals surface area contributed by atoms with Gasteiger partial charge in [-0.2, -0.15) is 0 Å². The minimum absolute atomic E-state index is 0.0368. The molecule has 1 atom stereocenters. The molecule has 9 heteroatoms. The lowest BCUT2D eigenvalue weighted by Crippen LogP contribution is -2.29. The van der Waals surface area contributed by atoms with Gasteiger partial charge < -0.3 is 24.5 Å². The molecule has 5 aromatic rings. The second-order valence-corrected chi connectivity index (χ2v) is 11.3. The first kappa shape index (κ1) is 30.6. The standard InChI is InChI=1S/C37H35N3O6/c1-39-23-31(30-21-24(18-20-32(30)39)35(41)45-28-15-9-10-16-28)34(38)29-19-17-25(22-33(29)44-2)36(42)46-37(43)40(26-11-5-3-6-12-26)27-13-7-4-8-14-27/h3-8,11-14,17-23,28,34H,9-10,15-16,38H2,1-2H3. The summed E-state index contributed by atoms with van der Waals surface area (Å²) in [4.78, 5) is 40.8. The number of aryl methyl sites for hydroxylation is 1. The van der Waals surface area contributed by atoms with Crippen LogP contribution in [0.4, 0.5) is 16.2 Å². The normalized spacial score (nSPS) is 13.7. The van der Waals surface area contributed by atoms with E-state index in [2.05, 4.69) is 0 Å². The number of amides is 1. The highest BCUT2D eigenvalue weighted by molar-refractivity contribution is 6.05. The number of nitrogens with two attached hydrogens (primary N) is 1. The maximum Gasteiger partial charge on any atom is 0.426 e. The van der Waals surface area contributed by atoms with Gasteiger partial charge in [0.05, 0.1) is 35.7 Å². The topological polar surface area (TPSA) is 113 Å². The highest BCUT2D eigenvalue weighted by Gasteiger charge is 2.26. The lowest BCUT2D eigenvalue weighted by atomic mass is 9.96. The average Bonchev–Trinajstić information content (AvgIpc) is 3.72. The van der Waals surface area contributed by atoms with Crippen molar-refractivity contribution in [3.8, 4) is 5.75 Å². The predicted molar refractivity (Wildman–Crippen MR) is 175 cm³/mol. The van der Waals surface area contributed by atoms with E-state index < -0.39 is 18.1 Å². The molecular weight excluding hydrogens is 582 g/mol. The molecule has 0 bridgehead atoms. The summed E-state index contributed by atoms with van der Waals surface area (Å²) >= 11 is 0. The van der Waals surface area contributed by atoms with Gasteiger partial charge in [-0.05, 0) is 85.8 Å². The van der Waals surface area contributed by atoms with Crippen molar-refractivity contribution in [2.75, 3.05) is 12.0 Å². The second kappa shape index (κ2) is 13.3. The highest BCUT2D eigenvalue weighted by atomic mass is 16.6. The number of ether oxygens (including phenoxy) is 3. The molecule has 0 aliphatic heterocycles. The number of methoxy groups -OCH3 is 1. The molecule has 1 aliphatic carbocycles. The molecule has 0 radical (unpaired) electrons. The van der Waals surface area contributed by atoms with Crippen LogP contribution in [0.3, 0.4) is 0 Å². The molecular formula is C37H35N3O6. The Labute approximate surface area is 267 Å². The van der Waals surface area contributed by atoms with E-state index in [1.165, 1.54) is 18.1 Å². The van der Waals surface area contributed by atoms with Crippen molar-refractivity contribution in [3.63, 3.8) is 0 Å². The molecule has 1 heterocycles. The summed E-state index contributed by atoms with van der Waals surface area (Å²) in [5.74, 6) is -0.827. The number of carbonyl (C=O) groups excluding carboxylic acids is 3. The monoisotopic (exact) mass is 617 g/mol. The van der Waals surface area contributed by atoms with Crippen molar-refractivity contribution in [1.82, 2.24) is 4.57 Å². The molecule has 9 nitrogen and oxygen atoms in total. The summed E-state index contributed by atoms with van der Waals surface area (Å²) < 4.78 is 18.7. The van der Waals surface area contributed by atoms with Crippen LogP contribution in [0, 0.1) is 0 Å². The van der Waals surface area contributed by atoms with Crippen molar-refractivity contribution in [2.24, 2.45) is 12.8 Å². The summed E-state index contributed by atoms with van der Waals surface area (Å²) in [6.07, 6.45) is 4.97. The fourth-order valence-electron chi connectivity index (χ4n) is 5.98. The van der Waals surface area contributed by atoms with Crippen LogP contribution in [-0.4, -0.2) is 35.8 Å². The SMILES string of the molecule is COc1cc(C(=O)OC(=O)N(c2ccccc2)c2ccccc2)ccc1C(N)c1cn(C)c2ccc(C(=O)OC3CCCC3)cc12. The van der Waals surface area contributed by atoms with Crippen molar-refractivity contribution in [2.45, 2.75) is 37.8 Å². The van der Waals surface area contributed by atoms with Crippen LogP contribution in [0.15, 0.2) is 103 Å². The van der Waals surface area contributed by atoms with Gasteiger partial charge in [-0.3, -0.25) is 0 Å². The fraction of sp³-hybridized carbons (Fsp3) is 0.216. The molecule has 1 unspecified atom stereocenters. The quantitative estimate of drug-likeness (QED) is 0.142. The molecule has 6 rings (SSSR count). The molecule has 234 valence electrons. The fourth-order valence-corrected chi connectivity index (χ4v) is 5.98. The molecule has 1 aromatic heterocycles. The van der Waals surface area contributed by atoms with E-state index in [1.54, 1.807) is 66.7 Å². The molecule has 1 aliphatic rings. The molecule has 0 spiro atoms. The summed E-state index contributed by atoms with van der Waals surface area (Å²) in [6, 6.07) is 27.5. The number of hydrogen-bond donors (Lipinski definition) is 1. The number of fused-ring (bicyclic) bond motifs is 1. The maximum absolute atomic E-state index is 13.3. The zero-order chi connectivity index (χ0) is 32.2. The van der Waals surface area contributed by atoms with Gasteiger partial charge in [-0.15, -0.1) is 0 Å². The van der Waals surface area contributed by atoms with E-state index in [0.717, 1.165) is 42.1 Å². The van der Waals surface area contributed by atoms with Gasteiger partial charge in [0, 0.05) is 29.7 Å². The third-order valence-electron chi connectivity index (χ3n) is 8.36. The van der Waals surface area contributed by atoms with Crippen molar-refractivity contribution < 1.29 is 28.6 Å². The molecule has 1 saturated carbocycles. The Kier molecular flexibility index (Phi) is 8.85. The summed E-state index contributed by atoms with van der Waals surface area (Å²) in [7, 11) is 3.40. The van der Waals surface area contributed by atoms with E-state index >= 15 is 0 Å². The number of esters is 2. The first-order valence-electron chi connectivity index (χ1n) is 15.2. The molecule has 1 fully saturated rings. The van der Waals surface area contributed by atoms with Crippen molar-refractivity contribution >= 4 is 40.3 Å². The van der Waals surface area contributed by atoms with Gasteiger partial charge in [0.1, 0.15) is 11.9 Å². The van der Waals surface area contributed by atoms with E-state index in [-0.39, 0.29) is 17.6 Å². The van der Waals surface area contributed by atoms with E-state index in [0.29, 0.717) is 28.3 Å². The minimum Gasteiger partial charge on any atom is -0.496 e. The van der Waals surface area contributed by atoms with Crippen LogP contribution in [-0.2, 0) is 16.5 Å². The van der Waals surface area contributed by atoms with Gasteiger partial charge in [0.25, 0.3) is 0 Å². The Morgan fingerprint density at radius 1 is 0.804 bits per heavy atom. The zero-order valence-electron chi connectivity index (χ0n) is 25.7. The van der Waals surface area contributed by atoms with Crippen LogP contribution in [0.2, 0.25) is 0 Å². The number of benzene rings is 4. The Balaban J connectivity index is 1.25. The van der Waals surface area contributed by atoms with Crippen LogP contribution >= 0.6 is 0 Å². The van der Waals surface area contributed by atoms with E-state index in [4.69, 9.17) is 19.9 Å². The molecule has 1 amide bonds. The Bertz CT molecular complexity index is 1840. The molecule has 2 N–H and O–H groups in total. The zero-order valence-corrected chi connectivity index (χ0v) is 25.7. The number of aromatic nitrogens is 1. The average molecular weight is 618 g/mol. The molecule has 4 aromatic carbocycles. The number of carbonyl (C=O) groups is 3. The number of para-hydroxylation sites is 2. The Morgan fingerprint density at radius 2 is 1.41 bits per heavy atom. The number of anilines is 2. The maximum atomic E-state index is 13.3. The summed E-state index contributed by atoms with van der Waals surface area (Å²) in [6.45, 7) is 0. The van der Waals surface area contributed by atoms with Crippen molar-refractivity contribution in [1.29, 1.82) is 0 Å². The minimum atomic E-state index is -0.847. The van der Waals surface area contributed by atoms with Crippen LogP contribution < -0.4 is 15.4 Å². The van der Waals surface area contributed by atoms with Gasteiger partial charge in [0.2, 0.25) is 0 Å². The Morgan fingerprint density at radius 3 is 2.04 bits per heavy atom. The van der Waals surface area contributed by atoms with E-state index in [9.17, 15) is 14.4 Å². The van der Waals surface area contributed by atoms with Gasteiger partial charge in [-0.1, -0.05) is 42.5 Å². The number of hydrogen-bond acceptors (Lipinski definition) is 7. The first-order chi connectivity index (χ1) is 22.3. The second-order valence-electron chi connectivity index (χ2n) is 11.3. The van der Waals surface area contributed by atoms with Gasteiger partial charge in [0.15, 0.2) is 0 Å². The molecule has 0 saturated heterocycles. The van der Waals surface area contributed by atoms with Crippen LogP contribution in [0.1, 0.15) is 63.6 Å². The Hall–Kier alpha value is -5.41. The largest absolute Gasteiger partial charge is 0.496 e. The lowest BCUT2D eigenvalue weighted by molar-refractivity contribution is 0.0317. The van der Waals surface area contributed by atoms with Gasteiger partial charge >= 0.3 is 18.0 Å². The third kappa shape index (κ3) is 6.23.